The molecule has 0 radical (unpaired) electrons. The van der Waals surface area contributed by atoms with Crippen LogP contribution in [0.15, 0.2) is 48.5 Å². The Bertz CT molecular complexity index is 598. The van der Waals surface area contributed by atoms with Crippen molar-refractivity contribution in [2.45, 2.75) is 6.61 Å². The zero-order valence-corrected chi connectivity index (χ0v) is 11.7. The van der Waals surface area contributed by atoms with Crippen molar-refractivity contribution in [3.05, 3.63) is 54.1 Å². The van der Waals surface area contributed by atoms with Gasteiger partial charge in [-0.2, -0.15) is 0 Å². The number of carbonyl (C=O) groups excluding carboxylic acids is 1. The summed E-state index contributed by atoms with van der Waals surface area (Å²) in [5, 5.41) is 11.8. The van der Waals surface area contributed by atoms with Crippen molar-refractivity contribution in [2.75, 3.05) is 19.0 Å². The van der Waals surface area contributed by atoms with Crippen LogP contribution >= 0.6 is 0 Å². The Hall–Kier alpha value is -2.53. The van der Waals surface area contributed by atoms with Gasteiger partial charge < -0.3 is 19.9 Å². The van der Waals surface area contributed by atoms with E-state index in [9.17, 15) is 4.79 Å². The number of benzene rings is 2. The fraction of sp³-hybridized carbons (Fsp3) is 0.188. The number of aliphatic hydroxyl groups is 1. The lowest BCUT2D eigenvalue weighted by atomic mass is 10.2. The van der Waals surface area contributed by atoms with E-state index in [0.717, 1.165) is 0 Å². The Labute approximate surface area is 123 Å². The van der Waals surface area contributed by atoms with E-state index >= 15 is 0 Å². The fourth-order valence-corrected chi connectivity index (χ4v) is 1.79. The van der Waals surface area contributed by atoms with Crippen LogP contribution in [0.25, 0.3) is 0 Å². The van der Waals surface area contributed by atoms with Crippen LogP contribution in [0.4, 0.5) is 5.69 Å². The Morgan fingerprint density at radius 2 is 1.90 bits per heavy atom. The second kappa shape index (κ2) is 7.31. The van der Waals surface area contributed by atoms with E-state index in [4.69, 9.17) is 14.6 Å². The lowest BCUT2D eigenvalue weighted by molar-refractivity contribution is -0.118. The van der Waals surface area contributed by atoms with E-state index in [1.54, 1.807) is 30.3 Å². The summed E-state index contributed by atoms with van der Waals surface area (Å²) in [5.74, 6) is 0.671. The smallest absolute Gasteiger partial charge is 0.262 e. The number of nitrogens with one attached hydrogen (secondary N) is 1. The molecule has 5 heteroatoms. The third-order valence-corrected chi connectivity index (χ3v) is 2.83. The Morgan fingerprint density at radius 3 is 2.57 bits per heavy atom. The molecule has 2 aromatic carbocycles. The predicted octanol–water partition coefficient (Wildman–Crippen LogP) is 2.21. The SMILES string of the molecule is COc1ccc(CO)cc1OCC(=O)Nc1ccccc1. The number of hydrogen-bond donors (Lipinski definition) is 2. The third kappa shape index (κ3) is 4.22. The van der Waals surface area contributed by atoms with Crippen LogP contribution in [-0.2, 0) is 11.4 Å². The molecule has 0 atom stereocenters. The first-order chi connectivity index (χ1) is 10.2. The Morgan fingerprint density at radius 1 is 1.14 bits per heavy atom. The minimum atomic E-state index is -0.266. The minimum Gasteiger partial charge on any atom is -0.493 e. The maximum Gasteiger partial charge on any atom is 0.262 e. The number of aliphatic hydroxyl groups excluding tert-OH is 1. The summed E-state index contributed by atoms with van der Waals surface area (Å²) in [5.41, 5.74) is 1.40. The van der Waals surface area contributed by atoms with Gasteiger partial charge in [0.05, 0.1) is 13.7 Å². The molecule has 0 aliphatic rings. The van der Waals surface area contributed by atoms with Crippen molar-refractivity contribution in [1.82, 2.24) is 0 Å². The van der Waals surface area contributed by atoms with Crippen molar-refractivity contribution >= 4 is 11.6 Å². The van der Waals surface area contributed by atoms with Gasteiger partial charge in [-0.1, -0.05) is 24.3 Å². The molecule has 0 fully saturated rings. The first kappa shape index (κ1) is 14.9. The van der Waals surface area contributed by atoms with Gasteiger partial charge in [0.25, 0.3) is 5.91 Å². The van der Waals surface area contributed by atoms with E-state index in [0.29, 0.717) is 22.7 Å². The largest absolute Gasteiger partial charge is 0.493 e. The van der Waals surface area contributed by atoms with E-state index in [1.807, 2.05) is 18.2 Å². The standard InChI is InChI=1S/C16H17NO4/c1-20-14-8-7-12(10-18)9-15(14)21-11-16(19)17-13-5-3-2-4-6-13/h2-9,18H,10-11H2,1H3,(H,17,19). The average molecular weight is 287 g/mol. The van der Waals surface area contributed by atoms with Crippen LogP contribution in [0.5, 0.6) is 11.5 Å². The molecule has 0 aliphatic heterocycles. The molecule has 2 N–H and O–H groups in total. The highest BCUT2D eigenvalue weighted by Gasteiger charge is 2.09. The van der Waals surface area contributed by atoms with Crippen LogP contribution < -0.4 is 14.8 Å². The molecule has 0 heterocycles. The van der Waals surface area contributed by atoms with Crippen molar-refractivity contribution in [2.24, 2.45) is 0 Å². The van der Waals surface area contributed by atoms with E-state index in [2.05, 4.69) is 5.32 Å². The van der Waals surface area contributed by atoms with Crippen LogP contribution in [0, 0.1) is 0 Å². The van der Waals surface area contributed by atoms with Gasteiger partial charge in [0.2, 0.25) is 0 Å². The van der Waals surface area contributed by atoms with Crippen molar-refractivity contribution in [1.29, 1.82) is 0 Å². The normalized spacial score (nSPS) is 10.0. The van der Waals surface area contributed by atoms with E-state index in [1.165, 1.54) is 7.11 Å². The molecular formula is C16H17NO4. The number of anilines is 1. The molecule has 2 rings (SSSR count). The van der Waals surface area contributed by atoms with Crippen molar-refractivity contribution in [3.63, 3.8) is 0 Å². The number of rotatable bonds is 6. The molecule has 1 amide bonds. The van der Waals surface area contributed by atoms with Crippen molar-refractivity contribution < 1.29 is 19.4 Å². The van der Waals surface area contributed by atoms with Gasteiger partial charge in [-0.25, -0.2) is 0 Å². The average Bonchev–Trinajstić information content (AvgIpc) is 2.53. The molecule has 21 heavy (non-hydrogen) atoms. The van der Waals surface area contributed by atoms with Crippen LogP contribution in [-0.4, -0.2) is 24.7 Å². The summed E-state index contributed by atoms with van der Waals surface area (Å²) < 4.78 is 10.6. The predicted molar refractivity (Wildman–Crippen MR) is 79.5 cm³/mol. The summed E-state index contributed by atoms with van der Waals surface area (Å²) in [6.07, 6.45) is 0. The van der Waals surface area contributed by atoms with Crippen LogP contribution in [0.2, 0.25) is 0 Å². The molecule has 5 nitrogen and oxygen atoms in total. The number of carbonyl (C=O) groups is 1. The molecule has 0 unspecified atom stereocenters. The summed E-state index contributed by atoms with van der Waals surface area (Å²) in [6.45, 7) is -0.239. The highest BCUT2D eigenvalue weighted by molar-refractivity contribution is 5.91. The van der Waals surface area contributed by atoms with Gasteiger partial charge >= 0.3 is 0 Å². The molecule has 0 bridgehead atoms. The third-order valence-electron chi connectivity index (χ3n) is 2.83. The van der Waals surface area contributed by atoms with Gasteiger partial charge in [-0.15, -0.1) is 0 Å². The molecule has 110 valence electrons. The molecule has 0 saturated carbocycles. The number of ether oxygens (including phenoxy) is 2. The maximum atomic E-state index is 11.8. The van der Waals surface area contributed by atoms with Gasteiger partial charge in [0.1, 0.15) is 0 Å². The number of methoxy groups -OCH3 is 1. The summed E-state index contributed by atoms with van der Waals surface area (Å²) in [7, 11) is 1.52. The highest BCUT2D eigenvalue weighted by atomic mass is 16.5. The van der Waals surface area contributed by atoms with E-state index in [-0.39, 0.29) is 19.1 Å². The summed E-state index contributed by atoms with van der Waals surface area (Å²) in [4.78, 5) is 11.8. The molecular weight excluding hydrogens is 270 g/mol. The second-order valence-electron chi connectivity index (χ2n) is 4.35. The van der Waals surface area contributed by atoms with Gasteiger partial charge in [-0.05, 0) is 29.8 Å². The summed E-state index contributed by atoms with van der Waals surface area (Å²) >= 11 is 0. The highest BCUT2D eigenvalue weighted by Crippen LogP contribution is 2.28. The molecule has 0 spiro atoms. The molecule has 0 aromatic heterocycles. The number of para-hydroxylation sites is 1. The van der Waals surface area contributed by atoms with Gasteiger partial charge in [-0.3, -0.25) is 4.79 Å². The number of amides is 1. The Kier molecular flexibility index (Phi) is 5.17. The van der Waals surface area contributed by atoms with Crippen molar-refractivity contribution in [3.8, 4) is 11.5 Å². The quantitative estimate of drug-likeness (QED) is 0.854. The van der Waals surface area contributed by atoms with Gasteiger partial charge in [0.15, 0.2) is 18.1 Å². The van der Waals surface area contributed by atoms with Gasteiger partial charge in [0, 0.05) is 5.69 Å². The lowest BCUT2D eigenvalue weighted by Gasteiger charge is -2.12. The topological polar surface area (TPSA) is 67.8 Å². The van der Waals surface area contributed by atoms with Crippen LogP contribution in [0.1, 0.15) is 5.56 Å². The lowest BCUT2D eigenvalue weighted by Crippen LogP contribution is -2.20. The molecule has 0 saturated heterocycles. The zero-order chi connectivity index (χ0) is 15.1. The first-order valence-electron chi connectivity index (χ1n) is 6.48. The van der Waals surface area contributed by atoms with E-state index < -0.39 is 0 Å². The minimum absolute atomic E-state index is 0.101. The maximum absolute atomic E-state index is 11.8. The summed E-state index contributed by atoms with van der Waals surface area (Å²) in [6, 6.07) is 14.2. The zero-order valence-electron chi connectivity index (χ0n) is 11.7. The molecule has 0 aliphatic carbocycles. The Balaban J connectivity index is 1.97. The fourth-order valence-electron chi connectivity index (χ4n) is 1.79. The second-order valence-corrected chi connectivity index (χ2v) is 4.35. The van der Waals surface area contributed by atoms with Crippen LogP contribution in [0.3, 0.4) is 0 Å². The molecule has 2 aromatic rings. The first-order valence-corrected chi connectivity index (χ1v) is 6.48. The number of hydrogen-bond acceptors (Lipinski definition) is 4. The monoisotopic (exact) mass is 287 g/mol.